The number of aryl methyl sites for hydroxylation is 1. The molecule has 0 unspecified atom stereocenters. The zero-order valence-electron chi connectivity index (χ0n) is 11.4. The van der Waals surface area contributed by atoms with Crippen LogP contribution in [0.2, 0.25) is 0 Å². The third-order valence-corrected chi connectivity index (χ3v) is 2.85. The second-order valence-corrected chi connectivity index (χ2v) is 4.56. The van der Waals surface area contributed by atoms with E-state index < -0.39 is 0 Å². The van der Waals surface area contributed by atoms with Crippen molar-refractivity contribution < 1.29 is 0 Å². The molecule has 0 bridgehead atoms. The lowest BCUT2D eigenvalue weighted by Gasteiger charge is -2.04. The molecule has 1 aromatic carbocycles. The van der Waals surface area contributed by atoms with E-state index in [4.69, 9.17) is 5.73 Å². The maximum Gasteiger partial charge on any atom is 0.266 e. The van der Waals surface area contributed by atoms with Gasteiger partial charge in [0.1, 0.15) is 18.0 Å². The van der Waals surface area contributed by atoms with E-state index in [2.05, 4.69) is 30.8 Å². The summed E-state index contributed by atoms with van der Waals surface area (Å²) in [6.07, 6.45) is 3.54. The summed E-state index contributed by atoms with van der Waals surface area (Å²) in [5, 5.41) is 16.1. The molecule has 0 saturated carbocycles. The Morgan fingerprint density at radius 1 is 1.38 bits per heavy atom. The van der Waals surface area contributed by atoms with Crippen molar-refractivity contribution in [1.29, 1.82) is 0 Å². The van der Waals surface area contributed by atoms with Crippen molar-refractivity contribution in [1.82, 2.24) is 20.2 Å². The van der Waals surface area contributed by atoms with Crippen molar-refractivity contribution >= 4 is 18.0 Å². The summed E-state index contributed by atoms with van der Waals surface area (Å²) in [5.74, 6) is 1.39. The first-order valence-corrected chi connectivity index (χ1v) is 6.37. The van der Waals surface area contributed by atoms with Gasteiger partial charge >= 0.3 is 0 Å². The quantitative estimate of drug-likeness (QED) is 0.608. The number of amidine groups is 1. The number of nitrogens with two attached hydrogens (primary N) is 1. The molecule has 0 spiro atoms. The van der Waals surface area contributed by atoms with Gasteiger partial charge in [-0.05, 0) is 12.5 Å². The number of rotatable bonds is 2. The highest BCUT2D eigenvalue weighted by atomic mass is 15.5. The molecule has 0 saturated heterocycles. The van der Waals surface area contributed by atoms with Gasteiger partial charge in [-0.15, -0.1) is 10.2 Å². The van der Waals surface area contributed by atoms with Crippen LogP contribution in [0.3, 0.4) is 0 Å². The molecule has 0 amide bonds. The number of nitrogens with one attached hydrogen (secondary N) is 1. The van der Waals surface area contributed by atoms with Crippen LogP contribution in [0.1, 0.15) is 17.0 Å². The van der Waals surface area contributed by atoms with Gasteiger partial charge in [-0.2, -0.15) is 14.9 Å². The molecule has 21 heavy (non-hydrogen) atoms. The van der Waals surface area contributed by atoms with Crippen molar-refractivity contribution in [2.45, 2.75) is 13.3 Å². The Labute approximate surface area is 121 Å². The largest absolute Gasteiger partial charge is 0.385 e. The van der Waals surface area contributed by atoms with Crippen molar-refractivity contribution in [2.24, 2.45) is 21.0 Å². The average Bonchev–Trinajstić information content (AvgIpc) is 2.85. The zero-order valence-corrected chi connectivity index (χ0v) is 11.4. The molecular formula is C13H14N8. The number of aromatic nitrogens is 3. The molecule has 0 atom stereocenters. The van der Waals surface area contributed by atoms with Crippen LogP contribution in [0.4, 0.5) is 0 Å². The lowest BCUT2D eigenvalue weighted by molar-refractivity contribution is 0.815. The molecule has 2 aromatic rings. The summed E-state index contributed by atoms with van der Waals surface area (Å²) in [5.41, 5.74) is 10.7. The van der Waals surface area contributed by atoms with Crippen LogP contribution in [0.5, 0.6) is 0 Å². The Morgan fingerprint density at radius 2 is 2.29 bits per heavy atom. The molecule has 0 radical (unpaired) electrons. The number of fused-ring (bicyclic) bond motifs is 1. The van der Waals surface area contributed by atoms with E-state index in [9.17, 15) is 0 Å². The number of hydrogen-bond donors (Lipinski definition) is 2. The molecule has 106 valence electrons. The SMILES string of the molecule is Cc1cccc(/C=N/NC2=NN=C(N)Cc3ncnn32)c1. The first-order chi connectivity index (χ1) is 10.2. The summed E-state index contributed by atoms with van der Waals surface area (Å²) < 4.78 is 1.52. The third-order valence-electron chi connectivity index (χ3n) is 2.85. The molecule has 8 nitrogen and oxygen atoms in total. The van der Waals surface area contributed by atoms with Gasteiger partial charge in [-0.1, -0.05) is 29.8 Å². The van der Waals surface area contributed by atoms with E-state index in [1.807, 2.05) is 31.2 Å². The first kappa shape index (κ1) is 13.0. The first-order valence-electron chi connectivity index (χ1n) is 6.37. The molecule has 1 aromatic heterocycles. The minimum Gasteiger partial charge on any atom is -0.385 e. The van der Waals surface area contributed by atoms with E-state index >= 15 is 0 Å². The van der Waals surface area contributed by atoms with Crippen LogP contribution < -0.4 is 11.2 Å². The molecule has 1 aliphatic heterocycles. The highest BCUT2D eigenvalue weighted by Gasteiger charge is 2.14. The van der Waals surface area contributed by atoms with Crippen molar-refractivity contribution in [2.75, 3.05) is 0 Å². The van der Waals surface area contributed by atoms with Crippen LogP contribution in [-0.4, -0.2) is 32.8 Å². The zero-order chi connectivity index (χ0) is 14.7. The van der Waals surface area contributed by atoms with E-state index in [0.29, 0.717) is 24.0 Å². The Morgan fingerprint density at radius 3 is 3.14 bits per heavy atom. The highest BCUT2D eigenvalue weighted by Crippen LogP contribution is 2.02. The number of benzene rings is 1. The number of hydrogen-bond acceptors (Lipinski definition) is 7. The summed E-state index contributed by atoms with van der Waals surface area (Å²) in [4.78, 5) is 4.11. The van der Waals surface area contributed by atoms with Crippen LogP contribution in [0, 0.1) is 6.92 Å². The Hall–Kier alpha value is -3.03. The lowest BCUT2D eigenvalue weighted by atomic mass is 10.2. The third kappa shape index (κ3) is 2.94. The number of nitrogens with zero attached hydrogens (tertiary/aromatic N) is 6. The predicted octanol–water partition coefficient (Wildman–Crippen LogP) is 0.243. The highest BCUT2D eigenvalue weighted by molar-refractivity contribution is 5.89. The fraction of sp³-hybridized carbons (Fsp3) is 0.154. The second kappa shape index (κ2) is 5.53. The summed E-state index contributed by atoms with van der Waals surface area (Å²) in [7, 11) is 0. The molecule has 3 rings (SSSR count). The standard InChI is InChI=1S/C13H14N8/c1-9-3-2-4-10(5-9)7-16-19-13-20-18-11(14)6-12-15-8-17-21(12)13/h2-5,7-8H,6H2,1H3,(H2,14,18)(H,19,20)/b16-7+. The van der Waals surface area contributed by atoms with E-state index in [-0.39, 0.29) is 0 Å². The summed E-state index contributed by atoms with van der Waals surface area (Å²) in [6.45, 7) is 2.03. The fourth-order valence-corrected chi connectivity index (χ4v) is 1.90. The topological polar surface area (TPSA) is 106 Å². The van der Waals surface area contributed by atoms with Crippen molar-refractivity contribution in [3.63, 3.8) is 0 Å². The van der Waals surface area contributed by atoms with Crippen molar-refractivity contribution in [3.05, 3.63) is 47.5 Å². The van der Waals surface area contributed by atoms with Gasteiger partial charge in [0.05, 0.1) is 12.6 Å². The van der Waals surface area contributed by atoms with E-state index in [1.54, 1.807) is 6.21 Å². The van der Waals surface area contributed by atoms with Gasteiger partial charge in [0.25, 0.3) is 5.96 Å². The molecule has 0 fully saturated rings. The maximum absolute atomic E-state index is 5.70. The van der Waals surface area contributed by atoms with Gasteiger partial charge in [-0.3, -0.25) is 0 Å². The minimum absolute atomic E-state index is 0.354. The Kier molecular flexibility index (Phi) is 3.42. The van der Waals surface area contributed by atoms with Gasteiger partial charge in [-0.25, -0.2) is 10.4 Å². The van der Waals surface area contributed by atoms with E-state index in [0.717, 1.165) is 5.56 Å². The van der Waals surface area contributed by atoms with E-state index in [1.165, 1.54) is 16.6 Å². The minimum atomic E-state index is 0.354. The smallest absolute Gasteiger partial charge is 0.266 e. The van der Waals surface area contributed by atoms with Gasteiger partial charge < -0.3 is 5.73 Å². The van der Waals surface area contributed by atoms with Crippen LogP contribution in [-0.2, 0) is 6.42 Å². The Balaban J connectivity index is 1.79. The Bertz CT molecular complexity index is 740. The number of hydrazone groups is 1. The molecule has 3 N–H and O–H groups in total. The molecule has 2 heterocycles. The predicted molar refractivity (Wildman–Crippen MR) is 80.1 cm³/mol. The normalized spacial score (nSPS) is 14.3. The monoisotopic (exact) mass is 282 g/mol. The van der Waals surface area contributed by atoms with Gasteiger partial charge in [0, 0.05) is 0 Å². The summed E-state index contributed by atoms with van der Waals surface area (Å²) >= 11 is 0. The van der Waals surface area contributed by atoms with Crippen LogP contribution in [0.15, 0.2) is 45.9 Å². The molecule has 8 heteroatoms. The van der Waals surface area contributed by atoms with Crippen LogP contribution >= 0.6 is 0 Å². The summed E-state index contributed by atoms with van der Waals surface area (Å²) in [6, 6.07) is 7.99. The molecule has 0 aliphatic carbocycles. The average molecular weight is 282 g/mol. The van der Waals surface area contributed by atoms with Gasteiger partial charge in [0.2, 0.25) is 0 Å². The van der Waals surface area contributed by atoms with Gasteiger partial charge in [0.15, 0.2) is 0 Å². The molecular weight excluding hydrogens is 268 g/mol. The van der Waals surface area contributed by atoms with Crippen LogP contribution in [0.25, 0.3) is 0 Å². The fourth-order valence-electron chi connectivity index (χ4n) is 1.90. The second-order valence-electron chi connectivity index (χ2n) is 4.56. The molecule has 1 aliphatic rings. The maximum atomic E-state index is 5.70. The lowest BCUT2D eigenvalue weighted by Crippen LogP contribution is -2.28. The van der Waals surface area contributed by atoms with Crippen molar-refractivity contribution in [3.8, 4) is 0 Å².